The van der Waals surface area contributed by atoms with Gasteiger partial charge in [-0.25, -0.2) is 13.2 Å². The molecule has 2 rings (SSSR count). The molecule has 0 saturated carbocycles. The fourth-order valence-corrected chi connectivity index (χ4v) is 3.86. The van der Waals surface area contributed by atoms with E-state index in [9.17, 15) is 18.0 Å². The molecule has 8 heteroatoms. The first-order valence-corrected chi connectivity index (χ1v) is 8.41. The Morgan fingerprint density at radius 3 is 2.17 bits per heavy atom. The van der Waals surface area contributed by atoms with E-state index in [1.807, 2.05) is 13.0 Å². The number of sulfonamides is 1. The van der Waals surface area contributed by atoms with Crippen LogP contribution in [-0.2, 0) is 24.1 Å². The van der Waals surface area contributed by atoms with E-state index in [-0.39, 0.29) is 5.69 Å². The van der Waals surface area contributed by atoms with Crippen molar-refractivity contribution >= 4 is 15.7 Å². The number of aromatic nitrogens is 2. The van der Waals surface area contributed by atoms with E-state index in [0.29, 0.717) is 5.69 Å². The molecule has 124 valence electrons. The molecule has 0 aliphatic carbocycles. The van der Waals surface area contributed by atoms with Crippen LogP contribution < -0.4 is 16.0 Å². The summed E-state index contributed by atoms with van der Waals surface area (Å²) in [5.74, 6) is 0. The summed E-state index contributed by atoms with van der Waals surface area (Å²) in [6.45, 7) is 5.11. The van der Waals surface area contributed by atoms with Crippen LogP contribution in [0, 0.1) is 20.8 Å². The van der Waals surface area contributed by atoms with Gasteiger partial charge in [0.05, 0.1) is 5.69 Å². The molecule has 0 fully saturated rings. The van der Waals surface area contributed by atoms with Crippen LogP contribution in [0.25, 0.3) is 0 Å². The third-order valence-electron chi connectivity index (χ3n) is 3.80. The summed E-state index contributed by atoms with van der Waals surface area (Å²) in [5, 5.41) is 0. The van der Waals surface area contributed by atoms with Gasteiger partial charge in [-0.2, -0.15) is 0 Å². The van der Waals surface area contributed by atoms with Crippen LogP contribution in [0.5, 0.6) is 0 Å². The van der Waals surface area contributed by atoms with Crippen LogP contribution in [0.1, 0.15) is 16.8 Å². The highest BCUT2D eigenvalue weighted by molar-refractivity contribution is 7.92. The number of hydrogen-bond acceptors (Lipinski definition) is 4. The fourth-order valence-electron chi connectivity index (χ4n) is 2.35. The lowest BCUT2D eigenvalue weighted by molar-refractivity contribution is 0.583. The molecular weight excluding hydrogens is 318 g/mol. The fraction of sp³-hybridized carbons (Fsp3) is 0.333. The predicted octanol–water partition coefficient (Wildman–Crippen LogP) is 0.810. The molecule has 0 saturated heterocycles. The maximum atomic E-state index is 12.7. The Kier molecular flexibility index (Phi) is 4.21. The zero-order valence-electron chi connectivity index (χ0n) is 13.7. The Morgan fingerprint density at radius 2 is 1.61 bits per heavy atom. The number of nitrogens with one attached hydrogen (secondary N) is 1. The Hall–Kier alpha value is -2.35. The zero-order valence-corrected chi connectivity index (χ0v) is 14.5. The number of benzene rings is 1. The summed E-state index contributed by atoms with van der Waals surface area (Å²) in [7, 11) is -1.44. The van der Waals surface area contributed by atoms with Gasteiger partial charge < -0.3 is 0 Å². The van der Waals surface area contributed by atoms with Crippen molar-refractivity contribution in [2.75, 3.05) is 4.72 Å². The van der Waals surface area contributed by atoms with Gasteiger partial charge in [0.25, 0.3) is 15.6 Å². The standard InChI is InChI=1S/C15H19N3O4S/c1-9-6-7-12(10(2)8-9)16-23(21,22)13-11(3)17(4)15(20)18(5)14(13)19/h6-8,16H,1-5H3. The number of aryl methyl sites for hydroxylation is 2. The molecule has 7 nitrogen and oxygen atoms in total. The number of rotatable bonds is 3. The Bertz CT molecular complexity index is 1000. The van der Waals surface area contributed by atoms with E-state index < -0.39 is 26.2 Å². The smallest absolute Gasteiger partial charge is 0.300 e. The van der Waals surface area contributed by atoms with Crippen LogP contribution in [0.2, 0.25) is 0 Å². The van der Waals surface area contributed by atoms with E-state index >= 15 is 0 Å². The summed E-state index contributed by atoms with van der Waals surface area (Å²) < 4.78 is 29.7. The SMILES string of the molecule is Cc1ccc(NS(=O)(=O)c2c(C)n(C)c(=O)n(C)c2=O)c(C)c1. The van der Waals surface area contributed by atoms with Crippen LogP contribution in [0.15, 0.2) is 32.7 Å². The van der Waals surface area contributed by atoms with E-state index in [2.05, 4.69) is 4.72 Å². The maximum absolute atomic E-state index is 12.7. The summed E-state index contributed by atoms with van der Waals surface area (Å²) in [6, 6.07) is 5.25. The van der Waals surface area contributed by atoms with Crippen molar-refractivity contribution in [1.29, 1.82) is 0 Å². The molecule has 1 N–H and O–H groups in total. The van der Waals surface area contributed by atoms with Crippen LogP contribution in [-0.4, -0.2) is 17.6 Å². The molecule has 1 aromatic carbocycles. The molecule has 2 aromatic rings. The van der Waals surface area contributed by atoms with Crippen molar-refractivity contribution in [2.45, 2.75) is 25.7 Å². The second-order valence-electron chi connectivity index (χ2n) is 5.54. The van der Waals surface area contributed by atoms with Crippen LogP contribution in [0.4, 0.5) is 5.69 Å². The lowest BCUT2D eigenvalue weighted by atomic mass is 10.1. The third kappa shape index (κ3) is 2.94. The van der Waals surface area contributed by atoms with Crippen LogP contribution >= 0.6 is 0 Å². The van der Waals surface area contributed by atoms with Crippen LogP contribution in [0.3, 0.4) is 0 Å². The topological polar surface area (TPSA) is 90.2 Å². The molecule has 0 unspecified atom stereocenters. The normalized spacial score (nSPS) is 11.5. The van der Waals surface area contributed by atoms with Crippen molar-refractivity contribution in [3.05, 3.63) is 55.9 Å². The van der Waals surface area contributed by atoms with E-state index in [1.54, 1.807) is 19.1 Å². The third-order valence-corrected chi connectivity index (χ3v) is 5.30. The van der Waals surface area contributed by atoms with Crippen molar-refractivity contribution in [3.63, 3.8) is 0 Å². The largest absolute Gasteiger partial charge is 0.330 e. The van der Waals surface area contributed by atoms with Gasteiger partial charge in [-0.1, -0.05) is 17.7 Å². The lowest BCUT2D eigenvalue weighted by Crippen LogP contribution is -2.42. The second kappa shape index (κ2) is 5.69. The molecule has 0 atom stereocenters. The summed E-state index contributed by atoms with van der Waals surface area (Å²) in [4.78, 5) is 23.7. The maximum Gasteiger partial charge on any atom is 0.330 e. The van der Waals surface area contributed by atoms with Gasteiger partial charge in [0.1, 0.15) is 0 Å². The minimum absolute atomic E-state index is 0.0929. The van der Waals surface area contributed by atoms with Crippen molar-refractivity contribution in [3.8, 4) is 0 Å². The molecule has 1 heterocycles. The zero-order chi connectivity index (χ0) is 17.5. The molecule has 0 radical (unpaired) electrons. The highest BCUT2D eigenvalue weighted by Crippen LogP contribution is 2.20. The van der Waals surface area contributed by atoms with Gasteiger partial charge in [-0.05, 0) is 32.4 Å². The average Bonchev–Trinajstić information content (AvgIpc) is 2.46. The average molecular weight is 337 g/mol. The highest BCUT2D eigenvalue weighted by Gasteiger charge is 2.25. The summed E-state index contributed by atoms with van der Waals surface area (Å²) in [6.07, 6.45) is 0. The van der Waals surface area contributed by atoms with Gasteiger partial charge in [0, 0.05) is 19.8 Å². The van der Waals surface area contributed by atoms with Gasteiger partial charge in [-0.3, -0.25) is 18.7 Å². The molecule has 0 bridgehead atoms. The molecular formula is C15H19N3O4S. The molecule has 0 spiro atoms. The molecule has 0 aliphatic rings. The quantitative estimate of drug-likeness (QED) is 0.897. The molecule has 1 aromatic heterocycles. The lowest BCUT2D eigenvalue weighted by Gasteiger charge is -2.15. The van der Waals surface area contributed by atoms with E-state index in [0.717, 1.165) is 20.3 Å². The van der Waals surface area contributed by atoms with Crippen molar-refractivity contribution in [1.82, 2.24) is 9.13 Å². The first-order chi connectivity index (χ1) is 10.6. The number of hydrogen-bond donors (Lipinski definition) is 1. The van der Waals surface area contributed by atoms with E-state index in [1.165, 1.54) is 21.0 Å². The van der Waals surface area contributed by atoms with E-state index in [4.69, 9.17) is 0 Å². The summed E-state index contributed by atoms with van der Waals surface area (Å²) in [5.41, 5.74) is 0.814. The van der Waals surface area contributed by atoms with Crippen molar-refractivity contribution < 1.29 is 8.42 Å². The minimum atomic E-state index is -4.11. The predicted molar refractivity (Wildman–Crippen MR) is 88.4 cm³/mol. The molecule has 0 amide bonds. The molecule has 0 aliphatic heterocycles. The van der Waals surface area contributed by atoms with Crippen molar-refractivity contribution in [2.24, 2.45) is 14.1 Å². The van der Waals surface area contributed by atoms with Gasteiger partial charge >= 0.3 is 5.69 Å². The Balaban J connectivity index is 2.66. The number of nitrogens with zero attached hydrogens (tertiary/aromatic N) is 2. The highest BCUT2D eigenvalue weighted by atomic mass is 32.2. The van der Waals surface area contributed by atoms with Gasteiger partial charge in [0.2, 0.25) is 0 Å². The Morgan fingerprint density at radius 1 is 1.00 bits per heavy atom. The second-order valence-corrected chi connectivity index (χ2v) is 7.16. The monoisotopic (exact) mass is 337 g/mol. The first kappa shape index (κ1) is 17.0. The molecule has 23 heavy (non-hydrogen) atoms. The number of anilines is 1. The van der Waals surface area contributed by atoms with Gasteiger partial charge in [0.15, 0.2) is 4.90 Å². The van der Waals surface area contributed by atoms with Gasteiger partial charge in [-0.15, -0.1) is 0 Å². The Labute approximate surface area is 134 Å². The summed E-state index contributed by atoms with van der Waals surface area (Å²) >= 11 is 0. The minimum Gasteiger partial charge on any atom is -0.300 e. The first-order valence-electron chi connectivity index (χ1n) is 6.93.